The Kier molecular flexibility index (Phi) is 5.06. The van der Waals surface area contributed by atoms with Gasteiger partial charge in [0.05, 0.1) is 0 Å². The van der Waals surface area contributed by atoms with Crippen molar-refractivity contribution in [3.8, 4) is 0 Å². The van der Waals surface area contributed by atoms with Crippen molar-refractivity contribution in [1.82, 2.24) is 19.3 Å². The number of carbonyl (C=O) groups excluding carboxylic acids is 1. The number of aryl methyl sites for hydroxylation is 1. The smallest absolute Gasteiger partial charge is 0.250 e. The lowest BCUT2D eigenvalue weighted by atomic mass is 10.0. The number of piperazine rings is 1. The molecule has 3 rings (SSSR count). The van der Waals surface area contributed by atoms with Gasteiger partial charge in [-0.05, 0) is 17.5 Å². The fourth-order valence-corrected chi connectivity index (χ4v) is 3.97. The summed E-state index contributed by atoms with van der Waals surface area (Å²) in [6.45, 7) is 10.5. The highest BCUT2D eigenvalue weighted by Crippen LogP contribution is 2.24. The van der Waals surface area contributed by atoms with Crippen molar-refractivity contribution in [1.29, 1.82) is 0 Å². The maximum Gasteiger partial charge on any atom is 0.250 e. The maximum atomic E-state index is 11.8. The van der Waals surface area contributed by atoms with Gasteiger partial charge in [-0.3, -0.25) is 19.4 Å². The minimum absolute atomic E-state index is 0.0525. The third-order valence-electron chi connectivity index (χ3n) is 5.45. The molecule has 2 aliphatic rings. The molecule has 0 spiro atoms. The SMILES string of the molecule is CC(=O)N1CCN([C@@H]2CN(Cc3ccn(C)c(=O)c3)C[C@@H]2C)CC1. The van der Waals surface area contributed by atoms with E-state index in [-0.39, 0.29) is 11.5 Å². The van der Waals surface area contributed by atoms with E-state index in [1.54, 1.807) is 24.6 Å². The molecule has 1 aromatic heterocycles. The lowest BCUT2D eigenvalue weighted by molar-refractivity contribution is -0.130. The summed E-state index contributed by atoms with van der Waals surface area (Å²) in [6.07, 6.45) is 1.84. The van der Waals surface area contributed by atoms with Gasteiger partial charge in [0, 0.05) is 78.1 Å². The summed E-state index contributed by atoms with van der Waals surface area (Å²) in [6, 6.07) is 4.32. The molecule has 2 fully saturated rings. The van der Waals surface area contributed by atoms with E-state index in [0.29, 0.717) is 12.0 Å². The van der Waals surface area contributed by atoms with Crippen LogP contribution in [0.4, 0.5) is 0 Å². The number of pyridine rings is 1. The fourth-order valence-electron chi connectivity index (χ4n) is 3.97. The second-order valence-corrected chi connectivity index (χ2v) is 7.26. The van der Waals surface area contributed by atoms with Crippen LogP contribution >= 0.6 is 0 Å². The molecule has 2 saturated heterocycles. The Balaban J connectivity index is 1.57. The molecule has 6 heteroatoms. The molecule has 6 nitrogen and oxygen atoms in total. The van der Waals surface area contributed by atoms with Gasteiger partial charge < -0.3 is 9.47 Å². The topological polar surface area (TPSA) is 48.8 Å². The zero-order valence-corrected chi connectivity index (χ0v) is 14.9. The van der Waals surface area contributed by atoms with Gasteiger partial charge in [-0.2, -0.15) is 0 Å². The molecule has 2 aliphatic heterocycles. The zero-order valence-electron chi connectivity index (χ0n) is 14.9. The molecule has 24 heavy (non-hydrogen) atoms. The van der Waals surface area contributed by atoms with Crippen LogP contribution in [0.15, 0.2) is 23.1 Å². The van der Waals surface area contributed by atoms with Gasteiger partial charge in [0.25, 0.3) is 5.56 Å². The lowest BCUT2D eigenvalue weighted by Gasteiger charge is -2.39. The summed E-state index contributed by atoms with van der Waals surface area (Å²) in [5.41, 5.74) is 1.14. The van der Waals surface area contributed by atoms with Gasteiger partial charge in [0.15, 0.2) is 0 Å². The molecule has 0 radical (unpaired) electrons. The Morgan fingerprint density at radius 3 is 2.54 bits per heavy atom. The van der Waals surface area contributed by atoms with E-state index in [1.807, 2.05) is 17.2 Å². The average Bonchev–Trinajstić information content (AvgIpc) is 2.91. The summed E-state index contributed by atoms with van der Waals surface area (Å²) in [5, 5.41) is 0. The van der Waals surface area contributed by atoms with Crippen LogP contribution in [0.1, 0.15) is 19.4 Å². The highest BCUT2D eigenvalue weighted by Gasteiger charge is 2.35. The Morgan fingerprint density at radius 1 is 1.21 bits per heavy atom. The Labute approximate surface area is 143 Å². The van der Waals surface area contributed by atoms with Crippen molar-refractivity contribution in [2.24, 2.45) is 13.0 Å². The fraction of sp³-hybridized carbons (Fsp3) is 0.667. The van der Waals surface area contributed by atoms with Gasteiger partial charge >= 0.3 is 0 Å². The van der Waals surface area contributed by atoms with E-state index in [4.69, 9.17) is 0 Å². The van der Waals surface area contributed by atoms with E-state index in [9.17, 15) is 9.59 Å². The number of nitrogens with zero attached hydrogens (tertiary/aromatic N) is 4. The zero-order chi connectivity index (χ0) is 17.3. The van der Waals surface area contributed by atoms with Crippen molar-refractivity contribution in [2.45, 2.75) is 26.4 Å². The number of amides is 1. The second kappa shape index (κ2) is 7.07. The van der Waals surface area contributed by atoms with Gasteiger partial charge in [-0.25, -0.2) is 0 Å². The molecular weight excluding hydrogens is 304 g/mol. The molecule has 0 aromatic carbocycles. The van der Waals surface area contributed by atoms with Crippen LogP contribution in [0.3, 0.4) is 0 Å². The van der Waals surface area contributed by atoms with Gasteiger partial charge in [0.2, 0.25) is 5.91 Å². The first kappa shape index (κ1) is 17.2. The summed E-state index contributed by atoms with van der Waals surface area (Å²) in [7, 11) is 1.78. The number of carbonyl (C=O) groups is 1. The monoisotopic (exact) mass is 332 g/mol. The third-order valence-corrected chi connectivity index (χ3v) is 5.45. The number of rotatable bonds is 3. The highest BCUT2D eigenvalue weighted by atomic mass is 16.2. The standard InChI is InChI=1S/C18H28N4O2/c1-14-11-20(12-16-4-5-19(3)18(24)10-16)13-17(14)22-8-6-21(7-9-22)15(2)23/h4-5,10,14,17H,6-9,11-13H2,1-3H3/t14-,17+/m0/s1. The van der Waals surface area contributed by atoms with Crippen LogP contribution in [0.5, 0.6) is 0 Å². The van der Waals surface area contributed by atoms with E-state index in [1.165, 1.54) is 0 Å². The predicted octanol–water partition coefficient (Wildman–Crippen LogP) is 0.370. The molecule has 132 valence electrons. The Morgan fingerprint density at radius 2 is 1.92 bits per heavy atom. The first-order valence-electron chi connectivity index (χ1n) is 8.81. The summed E-state index contributed by atoms with van der Waals surface area (Å²) in [5.74, 6) is 0.793. The molecule has 0 N–H and O–H groups in total. The van der Waals surface area contributed by atoms with Gasteiger partial charge in [-0.15, -0.1) is 0 Å². The maximum absolute atomic E-state index is 11.8. The van der Waals surface area contributed by atoms with E-state index >= 15 is 0 Å². The molecule has 0 bridgehead atoms. The van der Waals surface area contributed by atoms with Gasteiger partial charge in [-0.1, -0.05) is 6.92 Å². The summed E-state index contributed by atoms with van der Waals surface area (Å²) < 4.78 is 1.60. The number of likely N-dealkylation sites (tertiary alicyclic amines) is 1. The van der Waals surface area contributed by atoms with Crippen molar-refractivity contribution in [2.75, 3.05) is 39.3 Å². The third kappa shape index (κ3) is 3.70. The van der Waals surface area contributed by atoms with Crippen molar-refractivity contribution in [3.05, 3.63) is 34.2 Å². The van der Waals surface area contributed by atoms with Crippen LogP contribution in [0, 0.1) is 5.92 Å². The second-order valence-electron chi connectivity index (χ2n) is 7.26. The normalized spacial score (nSPS) is 26.0. The number of hydrogen-bond acceptors (Lipinski definition) is 4. The Bertz CT molecular complexity index is 649. The van der Waals surface area contributed by atoms with Crippen LogP contribution in [0.25, 0.3) is 0 Å². The van der Waals surface area contributed by atoms with E-state index in [2.05, 4.69) is 16.7 Å². The molecule has 1 amide bonds. The molecule has 0 saturated carbocycles. The molecule has 1 aromatic rings. The Hall–Kier alpha value is -1.66. The van der Waals surface area contributed by atoms with Crippen LogP contribution in [0.2, 0.25) is 0 Å². The minimum Gasteiger partial charge on any atom is -0.340 e. The molecule has 0 unspecified atom stereocenters. The first-order valence-corrected chi connectivity index (χ1v) is 8.81. The van der Waals surface area contributed by atoms with Crippen molar-refractivity contribution >= 4 is 5.91 Å². The quantitative estimate of drug-likeness (QED) is 0.802. The van der Waals surface area contributed by atoms with Crippen LogP contribution in [-0.2, 0) is 18.4 Å². The first-order chi connectivity index (χ1) is 11.4. The minimum atomic E-state index is 0.0525. The van der Waals surface area contributed by atoms with Crippen molar-refractivity contribution < 1.29 is 4.79 Å². The predicted molar refractivity (Wildman–Crippen MR) is 93.7 cm³/mol. The molecule has 3 heterocycles. The summed E-state index contributed by atoms with van der Waals surface area (Å²) >= 11 is 0. The highest BCUT2D eigenvalue weighted by molar-refractivity contribution is 5.73. The average molecular weight is 332 g/mol. The number of hydrogen-bond donors (Lipinski definition) is 0. The van der Waals surface area contributed by atoms with Gasteiger partial charge in [0.1, 0.15) is 0 Å². The largest absolute Gasteiger partial charge is 0.340 e. The molecular formula is C18H28N4O2. The van der Waals surface area contributed by atoms with Crippen LogP contribution in [-0.4, -0.2) is 70.5 Å². The van der Waals surface area contributed by atoms with E-state index in [0.717, 1.165) is 51.4 Å². The van der Waals surface area contributed by atoms with Crippen LogP contribution < -0.4 is 5.56 Å². The number of aromatic nitrogens is 1. The molecule has 2 atom stereocenters. The van der Waals surface area contributed by atoms with Crippen molar-refractivity contribution in [3.63, 3.8) is 0 Å². The van der Waals surface area contributed by atoms with E-state index < -0.39 is 0 Å². The molecule has 0 aliphatic carbocycles. The summed E-state index contributed by atoms with van der Waals surface area (Å²) in [4.78, 5) is 30.2. The lowest BCUT2D eigenvalue weighted by Crippen LogP contribution is -2.53.